The van der Waals surface area contributed by atoms with Crippen molar-refractivity contribution in [3.63, 3.8) is 0 Å². The maximum atomic E-state index is 12.8. The van der Waals surface area contributed by atoms with Crippen LogP contribution >= 0.6 is 11.6 Å². The molecule has 0 bridgehead atoms. The van der Waals surface area contributed by atoms with Crippen LogP contribution in [0.25, 0.3) is 0 Å². The number of morpholine rings is 1. The third-order valence-corrected chi connectivity index (χ3v) is 5.23. The third-order valence-electron chi connectivity index (χ3n) is 4.86. The molecular formula is C23H21ClN2O2. The van der Waals surface area contributed by atoms with Gasteiger partial charge in [-0.2, -0.15) is 0 Å². The largest absolute Gasteiger partial charge is 0.368 e. The number of halogens is 1. The van der Waals surface area contributed by atoms with Gasteiger partial charge in [0, 0.05) is 29.2 Å². The van der Waals surface area contributed by atoms with Gasteiger partial charge in [-0.05, 0) is 35.9 Å². The van der Waals surface area contributed by atoms with E-state index >= 15 is 0 Å². The summed E-state index contributed by atoms with van der Waals surface area (Å²) in [4.78, 5) is 19.4. The van der Waals surface area contributed by atoms with E-state index in [1.165, 1.54) is 0 Å². The van der Waals surface area contributed by atoms with Gasteiger partial charge in [-0.1, -0.05) is 54.1 Å². The van der Waals surface area contributed by atoms with E-state index in [0.717, 1.165) is 22.0 Å². The van der Waals surface area contributed by atoms with E-state index in [9.17, 15) is 4.79 Å². The van der Waals surface area contributed by atoms with Crippen LogP contribution in [0.5, 0.6) is 0 Å². The molecule has 1 aliphatic heterocycles. The number of carbonyl (C=O) groups excluding carboxylic acids is 1. The van der Waals surface area contributed by atoms with Crippen LogP contribution < -0.4 is 0 Å². The summed E-state index contributed by atoms with van der Waals surface area (Å²) in [6, 6.07) is 23.1. The fraction of sp³-hybridized carbons (Fsp3) is 0.217. The van der Waals surface area contributed by atoms with Crippen molar-refractivity contribution in [1.82, 2.24) is 9.88 Å². The second kappa shape index (κ2) is 8.55. The maximum Gasteiger partial charge on any atom is 0.254 e. The maximum absolute atomic E-state index is 12.8. The number of aromatic nitrogens is 1. The molecule has 1 saturated heterocycles. The Morgan fingerprint density at radius 2 is 1.82 bits per heavy atom. The highest BCUT2D eigenvalue weighted by Gasteiger charge is 2.27. The van der Waals surface area contributed by atoms with Crippen LogP contribution in [0.4, 0.5) is 0 Å². The summed E-state index contributed by atoms with van der Waals surface area (Å²) < 4.78 is 5.93. The van der Waals surface area contributed by atoms with Gasteiger partial charge in [0.1, 0.15) is 6.10 Å². The molecule has 1 amide bonds. The van der Waals surface area contributed by atoms with E-state index in [1.807, 2.05) is 77.7 Å². The fourth-order valence-electron chi connectivity index (χ4n) is 3.39. The Hall–Kier alpha value is -2.69. The van der Waals surface area contributed by atoms with Gasteiger partial charge in [0.25, 0.3) is 5.91 Å². The molecule has 1 fully saturated rings. The molecule has 1 unspecified atom stereocenters. The first-order chi connectivity index (χ1) is 13.7. The summed E-state index contributed by atoms with van der Waals surface area (Å²) in [5.74, 6) is 0.0288. The first kappa shape index (κ1) is 18.7. The van der Waals surface area contributed by atoms with Crippen LogP contribution in [-0.2, 0) is 11.2 Å². The van der Waals surface area contributed by atoms with Crippen molar-refractivity contribution in [1.29, 1.82) is 0 Å². The molecule has 4 nitrogen and oxygen atoms in total. The highest BCUT2D eigenvalue weighted by atomic mass is 35.5. The molecule has 2 heterocycles. The van der Waals surface area contributed by atoms with E-state index < -0.39 is 0 Å². The zero-order valence-corrected chi connectivity index (χ0v) is 16.2. The molecule has 4 rings (SSSR count). The minimum atomic E-state index is -0.229. The number of amides is 1. The molecule has 0 spiro atoms. The van der Waals surface area contributed by atoms with Gasteiger partial charge in [0.15, 0.2) is 0 Å². The van der Waals surface area contributed by atoms with Gasteiger partial charge in [0.2, 0.25) is 0 Å². The van der Waals surface area contributed by atoms with Crippen LogP contribution in [0.1, 0.15) is 33.4 Å². The van der Waals surface area contributed by atoms with Crippen molar-refractivity contribution in [2.75, 3.05) is 19.7 Å². The second-order valence-electron chi connectivity index (χ2n) is 6.80. The molecule has 0 radical (unpaired) electrons. The van der Waals surface area contributed by atoms with E-state index in [1.54, 1.807) is 0 Å². The van der Waals surface area contributed by atoms with Gasteiger partial charge >= 0.3 is 0 Å². The Morgan fingerprint density at radius 3 is 2.64 bits per heavy atom. The average molecular weight is 393 g/mol. The van der Waals surface area contributed by atoms with Gasteiger partial charge < -0.3 is 9.64 Å². The van der Waals surface area contributed by atoms with Crippen molar-refractivity contribution in [3.8, 4) is 0 Å². The van der Waals surface area contributed by atoms with Crippen molar-refractivity contribution >= 4 is 17.5 Å². The smallest absolute Gasteiger partial charge is 0.254 e. The van der Waals surface area contributed by atoms with Crippen LogP contribution in [0.3, 0.4) is 0 Å². The quantitative estimate of drug-likeness (QED) is 0.654. The Labute approximate surface area is 169 Å². The Balaban J connectivity index is 1.49. The summed E-state index contributed by atoms with van der Waals surface area (Å²) >= 11 is 6.28. The minimum absolute atomic E-state index is 0.0288. The molecule has 0 aliphatic carbocycles. The van der Waals surface area contributed by atoms with E-state index in [4.69, 9.17) is 21.3 Å². The Kier molecular flexibility index (Phi) is 5.70. The molecule has 1 aliphatic rings. The Bertz CT molecular complexity index is 962. The fourth-order valence-corrected chi connectivity index (χ4v) is 3.59. The molecular weight excluding hydrogens is 372 g/mol. The zero-order chi connectivity index (χ0) is 19.3. The summed E-state index contributed by atoms with van der Waals surface area (Å²) in [5.41, 5.74) is 3.51. The molecule has 142 valence electrons. The summed E-state index contributed by atoms with van der Waals surface area (Å²) in [5, 5.41) is 0.739. The molecule has 0 saturated carbocycles. The SMILES string of the molecule is O=C(c1ccccc1)N1CCOC(c2cccc(Cc3ccccc3Cl)n2)C1. The van der Waals surface area contributed by atoms with Gasteiger partial charge in [-0.3, -0.25) is 9.78 Å². The van der Waals surface area contributed by atoms with Crippen molar-refractivity contribution in [2.24, 2.45) is 0 Å². The monoisotopic (exact) mass is 392 g/mol. The second-order valence-corrected chi connectivity index (χ2v) is 7.21. The molecule has 3 aromatic rings. The van der Waals surface area contributed by atoms with Gasteiger partial charge in [-0.15, -0.1) is 0 Å². The number of nitrogens with zero attached hydrogens (tertiary/aromatic N) is 2. The normalized spacial score (nSPS) is 16.8. The van der Waals surface area contributed by atoms with Crippen LogP contribution in [-0.4, -0.2) is 35.5 Å². The summed E-state index contributed by atoms with van der Waals surface area (Å²) in [6.07, 6.45) is 0.431. The van der Waals surface area contributed by atoms with Gasteiger partial charge in [0.05, 0.1) is 18.8 Å². The van der Waals surface area contributed by atoms with E-state index in [-0.39, 0.29) is 12.0 Å². The van der Waals surface area contributed by atoms with E-state index in [2.05, 4.69) is 0 Å². The molecule has 2 aromatic carbocycles. The highest BCUT2D eigenvalue weighted by molar-refractivity contribution is 6.31. The van der Waals surface area contributed by atoms with Gasteiger partial charge in [-0.25, -0.2) is 0 Å². The van der Waals surface area contributed by atoms with Crippen LogP contribution in [0.2, 0.25) is 5.02 Å². The van der Waals surface area contributed by atoms with Crippen molar-refractivity contribution in [3.05, 3.63) is 100 Å². The average Bonchev–Trinajstić information content (AvgIpc) is 2.76. The first-order valence-electron chi connectivity index (χ1n) is 9.36. The Morgan fingerprint density at radius 1 is 1.04 bits per heavy atom. The molecule has 5 heteroatoms. The van der Waals surface area contributed by atoms with E-state index in [0.29, 0.717) is 31.7 Å². The molecule has 1 atom stereocenters. The molecule has 28 heavy (non-hydrogen) atoms. The summed E-state index contributed by atoms with van der Waals surface area (Å²) in [6.45, 7) is 1.58. The zero-order valence-electron chi connectivity index (χ0n) is 15.4. The lowest BCUT2D eigenvalue weighted by atomic mass is 10.1. The number of hydrogen-bond donors (Lipinski definition) is 0. The lowest BCUT2D eigenvalue weighted by Crippen LogP contribution is -2.42. The molecule has 0 N–H and O–H groups in total. The standard InChI is InChI=1S/C23H21ClN2O2/c24-20-11-5-4-9-18(20)15-19-10-6-12-21(25-19)22-16-26(13-14-28-22)23(27)17-7-2-1-3-8-17/h1-12,22H,13-16H2. The number of rotatable bonds is 4. The first-order valence-corrected chi connectivity index (χ1v) is 9.73. The van der Waals surface area contributed by atoms with Crippen molar-refractivity contribution < 1.29 is 9.53 Å². The minimum Gasteiger partial charge on any atom is -0.368 e. The summed E-state index contributed by atoms with van der Waals surface area (Å²) in [7, 11) is 0. The number of carbonyl (C=O) groups is 1. The third kappa shape index (κ3) is 4.24. The lowest BCUT2D eigenvalue weighted by Gasteiger charge is -2.33. The predicted molar refractivity (Wildman–Crippen MR) is 110 cm³/mol. The molecule has 1 aromatic heterocycles. The predicted octanol–water partition coefficient (Wildman–Crippen LogP) is 4.54. The topological polar surface area (TPSA) is 42.4 Å². The lowest BCUT2D eigenvalue weighted by molar-refractivity contribution is -0.0247. The van der Waals surface area contributed by atoms with Crippen LogP contribution in [0.15, 0.2) is 72.8 Å². The number of benzene rings is 2. The number of hydrogen-bond acceptors (Lipinski definition) is 3. The van der Waals surface area contributed by atoms with Crippen LogP contribution in [0, 0.1) is 0 Å². The number of ether oxygens (including phenoxy) is 1. The van der Waals surface area contributed by atoms with Crippen molar-refractivity contribution in [2.45, 2.75) is 12.5 Å². The highest BCUT2D eigenvalue weighted by Crippen LogP contribution is 2.24. The number of pyridine rings is 1.